The van der Waals surface area contributed by atoms with Gasteiger partial charge in [0.2, 0.25) is 0 Å². The first-order valence-electron chi connectivity index (χ1n) is 5.60. The van der Waals surface area contributed by atoms with E-state index in [-0.39, 0.29) is 6.04 Å². The number of hydrogen-bond donors (Lipinski definition) is 2. The molecule has 2 heterocycles. The van der Waals surface area contributed by atoms with Gasteiger partial charge in [-0.1, -0.05) is 18.6 Å². The van der Waals surface area contributed by atoms with Crippen molar-refractivity contribution in [1.29, 1.82) is 0 Å². The SMILES string of the molecule is CCCc1cc(NC(C)c2nn[nH]n2)ncn1. The Labute approximate surface area is 99.1 Å². The first-order chi connectivity index (χ1) is 8.29. The second-order valence-electron chi connectivity index (χ2n) is 3.78. The molecule has 2 N–H and O–H groups in total. The van der Waals surface area contributed by atoms with Gasteiger partial charge in [0.15, 0.2) is 5.82 Å². The van der Waals surface area contributed by atoms with Crippen LogP contribution in [-0.2, 0) is 6.42 Å². The van der Waals surface area contributed by atoms with Gasteiger partial charge >= 0.3 is 0 Å². The van der Waals surface area contributed by atoms with E-state index in [4.69, 9.17) is 0 Å². The molecule has 1 unspecified atom stereocenters. The molecule has 7 heteroatoms. The Morgan fingerprint density at radius 2 is 2.29 bits per heavy atom. The number of tetrazole rings is 1. The van der Waals surface area contributed by atoms with Gasteiger partial charge in [-0.15, -0.1) is 10.2 Å². The van der Waals surface area contributed by atoms with Crippen molar-refractivity contribution in [2.45, 2.75) is 32.7 Å². The molecule has 1 atom stereocenters. The summed E-state index contributed by atoms with van der Waals surface area (Å²) in [7, 11) is 0. The standard InChI is InChI=1S/C10H15N7/c1-3-4-8-5-9(12-6-11-8)13-7(2)10-14-16-17-15-10/h5-7H,3-4H2,1-2H3,(H,11,12,13)(H,14,15,16,17). The van der Waals surface area contributed by atoms with Crippen LogP contribution in [0.25, 0.3) is 0 Å². The van der Waals surface area contributed by atoms with Crippen LogP contribution in [0.3, 0.4) is 0 Å². The van der Waals surface area contributed by atoms with Crippen LogP contribution in [0.5, 0.6) is 0 Å². The molecule has 0 saturated heterocycles. The third-order valence-corrected chi connectivity index (χ3v) is 2.34. The zero-order valence-corrected chi connectivity index (χ0v) is 9.88. The van der Waals surface area contributed by atoms with Crippen LogP contribution < -0.4 is 5.32 Å². The zero-order chi connectivity index (χ0) is 12.1. The van der Waals surface area contributed by atoms with Crippen molar-refractivity contribution in [2.24, 2.45) is 0 Å². The molecule has 0 spiro atoms. The number of aryl methyl sites for hydroxylation is 1. The minimum Gasteiger partial charge on any atom is -0.360 e. The van der Waals surface area contributed by atoms with Crippen LogP contribution in [0.1, 0.15) is 37.8 Å². The zero-order valence-electron chi connectivity index (χ0n) is 9.88. The van der Waals surface area contributed by atoms with Gasteiger partial charge in [0.25, 0.3) is 0 Å². The highest BCUT2D eigenvalue weighted by Crippen LogP contribution is 2.13. The molecular weight excluding hydrogens is 218 g/mol. The average molecular weight is 233 g/mol. The van der Waals surface area contributed by atoms with Crippen LogP contribution in [0.2, 0.25) is 0 Å². The van der Waals surface area contributed by atoms with Crippen LogP contribution >= 0.6 is 0 Å². The fraction of sp³-hybridized carbons (Fsp3) is 0.500. The van der Waals surface area contributed by atoms with Gasteiger partial charge in [-0.2, -0.15) is 5.21 Å². The van der Waals surface area contributed by atoms with E-state index in [0.29, 0.717) is 5.82 Å². The first-order valence-corrected chi connectivity index (χ1v) is 5.60. The maximum absolute atomic E-state index is 4.20. The van der Waals surface area contributed by atoms with Gasteiger partial charge in [0.1, 0.15) is 12.1 Å². The highest BCUT2D eigenvalue weighted by Gasteiger charge is 2.10. The van der Waals surface area contributed by atoms with Crippen molar-refractivity contribution in [3.05, 3.63) is 23.9 Å². The Kier molecular flexibility index (Phi) is 3.59. The first kappa shape index (κ1) is 11.4. The van der Waals surface area contributed by atoms with Crippen molar-refractivity contribution in [2.75, 3.05) is 5.32 Å². The van der Waals surface area contributed by atoms with Gasteiger partial charge in [0, 0.05) is 11.8 Å². The van der Waals surface area contributed by atoms with E-state index in [9.17, 15) is 0 Å². The van der Waals surface area contributed by atoms with Crippen molar-refractivity contribution >= 4 is 5.82 Å². The summed E-state index contributed by atoms with van der Waals surface area (Å²) in [6.07, 6.45) is 3.58. The van der Waals surface area contributed by atoms with Crippen LogP contribution in [0.15, 0.2) is 12.4 Å². The second-order valence-corrected chi connectivity index (χ2v) is 3.78. The molecule has 0 aromatic carbocycles. The summed E-state index contributed by atoms with van der Waals surface area (Å²) in [5.74, 6) is 1.39. The Balaban J connectivity index is 2.05. The largest absolute Gasteiger partial charge is 0.360 e. The number of H-pyrrole nitrogens is 1. The van der Waals surface area contributed by atoms with Gasteiger partial charge in [-0.25, -0.2) is 9.97 Å². The lowest BCUT2D eigenvalue weighted by atomic mass is 10.2. The number of nitrogens with zero attached hydrogens (tertiary/aromatic N) is 5. The molecule has 90 valence electrons. The maximum atomic E-state index is 4.20. The lowest BCUT2D eigenvalue weighted by molar-refractivity contribution is 0.783. The highest BCUT2D eigenvalue weighted by molar-refractivity contribution is 5.36. The van der Waals surface area contributed by atoms with Crippen molar-refractivity contribution in [3.8, 4) is 0 Å². The smallest absolute Gasteiger partial charge is 0.196 e. The Bertz CT molecular complexity index is 453. The lowest BCUT2D eigenvalue weighted by Gasteiger charge is -2.10. The van der Waals surface area contributed by atoms with Crippen LogP contribution in [-0.4, -0.2) is 30.6 Å². The topological polar surface area (TPSA) is 92.3 Å². The summed E-state index contributed by atoms with van der Waals surface area (Å²) in [6.45, 7) is 4.07. The van der Waals surface area contributed by atoms with Gasteiger partial charge in [-0.3, -0.25) is 0 Å². The number of nitrogens with one attached hydrogen (secondary N) is 2. The Morgan fingerprint density at radius 1 is 1.41 bits per heavy atom. The predicted molar refractivity (Wildman–Crippen MR) is 62.2 cm³/mol. The van der Waals surface area contributed by atoms with E-state index in [1.807, 2.05) is 13.0 Å². The summed E-state index contributed by atoms with van der Waals surface area (Å²) in [6, 6.07) is 1.90. The monoisotopic (exact) mass is 233 g/mol. The predicted octanol–water partition coefficient (Wildman–Crippen LogP) is 1.12. The van der Waals surface area contributed by atoms with Crippen molar-refractivity contribution in [1.82, 2.24) is 30.6 Å². The van der Waals surface area contributed by atoms with Crippen LogP contribution in [0.4, 0.5) is 5.82 Å². The Hall–Kier alpha value is -2.05. The molecule has 17 heavy (non-hydrogen) atoms. The lowest BCUT2D eigenvalue weighted by Crippen LogP contribution is -2.10. The van der Waals surface area contributed by atoms with E-state index in [0.717, 1.165) is 24.4 Å². The van der Waals surface area contributed by atoms with E-state index < -0.39 is 0 Å². The van der Waals surface area contributed by atoms with E-state index in [1.54, 1.807) is 6.33 Å². The number of aromatic amines is 1. The summed E-state index contributed by atoms with van der Waals surface area (Å²) in [4.78, 5) is 8.36. The van der Waals surface area contributed by atoms with E-state index >= 15 is 0 Å². The molecule has 2 rings (SSSR count). The molecule has 2 aromatic heterocycles. The average Bonchev–Trinajstić information content (AvgIpc) is 2.83. The minimum absolute atomic E-state index is 0.0434. The molecule has 7 nitrogen and oxygen atoms in total. The molecule has 0 aliphatic rings. The highest BCUT2D eigenvalue weighted by atomic mass is 15.5. The maximum Gasteiger partial charge on any atom is 0.196 e. The Morgan fingerprint density at radius 3 is 3.00 bits per heavy atom. The normalized spacial score (nSPS) is 12.4. The number of hydrogen-bond acceptors (Lipinski definition) is 6. The molecule has 0 radical (unpaired) electrons. The summed E-state index contributed by atoms with van der Waals surface area (Å²) in [5, 5.41) is 17.0. The third-order valence-electron chi connectivity index (χ3n) is 2.34. The summed E-state index contributed by atoms with van der Waals surface area (Å²) >= 11 is 0. The number of rotatable bonds is 5. The van der Waals surface area contributed by atoms with Crippen molar-refractivity contribution in [3.63, 3.8) is 0 Å². The fourth-order valence-electron chi connectivity index (χ4n) is 1.51. The molecule has 0 saturated carbocycles. The molecule has 0 fully saturated rings. The molecule has 0 amide bonds. The van der Waals surface area contributed by atoms with Gasteiger partial charge in [-0.05, 0) is 13.3 Å². The fourth-order valence-corrected chi connectivity index (χ4v) is 1.51. The molecule has 0 aliphatic heterocycles. The molecule has 0 aliphatic carbocycles. The molecule has 0 bridgehead atoms. The summed E-state index contributed by atoms with van der Waals surface area (Å²) in [5.41, 5.74) is 1.03. The second kappa shape index (κ2) is 5.33. The van der Waals surface area contributed by atoms with E-state index in [1.165, 1.54) is 0 Å². The molecular formula is C10H15N7. The van der Waals surface area contributed by atoms with Crippen LogP contribution in [0, 0.1) is 0 Å². The van der Waals surface area contributed by atoms with E-state index in [2.05, 4.69) is 42.8 Å². The number of anilines is 1. The minimum atomic E-state index is -0.0434. The van der Waals surface area contributed by atoms with Gasteiger partial charge < -0.3 is 5.32 Å². The van der Waals surface area contributed by atoms with Gasteiger partial charge in [0.05, 0.1) is 6.04 Å². The quantitative estimate of drug-likeness (QED) is 0.803. The number of aromatic nitrogens is 6. The summed E-state index contributed by atoms with van der Waals surface area (Å²) < 4.78 is 0. The van der Waals surface area contributed by atoms with Crippen molar-refractivity contribution < 1.29 is 0 Å². The molecule has 2 aromatic rings. The third kappa shape index (κ3) is 2.96.